The van der Waals surface area contributed by atoms with E-state index in [4.69, 9.17) is 0 Å². The van der Waals surface area contributed by atoms with Gasteiger partial charge in [0, 0.05) is 25.2 Å². The summed E-state index contributed by atoms with van der Waals surface area (Å²) in [5, 5.41) is 16.5. The summed E-state index contributed by atoms with van der Waals surface area (Å²) in [5.74, 6) is -0.0530. The van der Waals surface area contributed by atoms with Crippen LogP contribution in [0.5, 0.6) is 0 Å². The summed E-state index contributed by atoms with van der Waals surface area (Å²) in [4.78, 5) is 21.7. The third kappa shape index (κ3) is 2.79. The molecule has 0 spiro atoms. The van der Waals surface area contributed by atoms with Crippen LogP contribution in [0.4, 0.5) is 5.69 Å². The standard InChI is InChI=1S/C11H13N3O3/c15-11-10(12-4-5-13-11)7-8-2-1-3-9(6-8)14(16)17/h1-3,6,10,12H,4-5,7H2,(H,13,15)/t10-/m0/s1. The van der Waals surface area contributed by atoms with E-state index in [0.29, 0.717) is 13.0 Å². The number of nitro groups is 1. The van der Waals surface area contributed by atoms with E-state index in [1.807, 2.05) is 0 Å². The van der Waals surface area contributed by atoms with Crippen LogP contribution < -0.4 is 10.6 Å². The first kappa shape index (κ1) is 11.5. The first-order chi connectivity index (χ1) is 8.16. The molecule has 2 N–H and O–H groups in total. The van der Waals surface area contributed by atoms with Gasteiger partial charge in [-0.2, -0.15) is 0 Å². The Kier molecular flexibility index (Phi) is 3.34. The van der Waals surface area contributed by atoms with Crippen LogP contribution in [0.2, 0.25) is 0 Å². The number of piperazine rings is 1. The van der Waals surface area contributed by atoms with E-state index in [-0.39, 0.29) is 17.6 Å². The molecule has 0 radical (unpaired) electrons. The molecule has 0 aliphatic carbocycles. The van der Waals surface area contributed by atoms with Crippen molar-refractivity contribution < 1.29 is 9.72 Å². The lowest BCUT2D eigenvalue weighted by Gasteiger charge is -2.23. The summed E-state index contributed by atoms with van der Waals surface area (Å²) in [7, 11) is 0. The van der Waals surface area contributed by atoms with Gasteiger partial charge in [-0.3, -0.25) is 14.9 Å². The van der Waals surface area contributed by atoms with Crippen molar-refractivity contribution in [3.63, 3.8) is 0 Å². The predicted octanol–water partition coefficient (Wildman–Crippen LogP) is 0.225. The van der Waals surface area contributed by atoms with Crippen molar-refractivity contribution >= 4 is 11.6 Å². The maximum Gasteiger partial charge on any atom is 0.269 e. The number of nitro benzene ring substituents is 1. The fourth-order valence-corrected chi connectivity index (χ4v) is 1.85. The zero-order chi connectivity index (χ0) is 12.3. The molecule has 1 aromatic carbocycles. The lowest BCUT2D eigenvalue weighted by atomic mass is 10.0. The van der Waals surface area contributed by atoms with Crippen molar-refractivity contribution in [1.82, 2.24) is 10.6 Å². The molecule has 0 unspecified atom stereocenters. The number of hydrogen-bond donors (Lipinski definition) is 2. The largest absolute Gasteiger partial charge is 0.353 e. The predicted molar refractivity (Wildman–Crippen MR) is 61.6 cm³/mol. The van der Waals surface area contributed by atoms with E-state index in [1.54, 1.807) is 12.1 Å². The van der Waals surface area contributed by atoms with Gasteiger partial charge in [-0.05, 0) is 12.0 Å². The first-order valence-electron chi connectivity index (χ1n) is 5.41. The van der Waals surface area contributed by atoms with Crippen LogP contribution >= 0.6 is 0 Å². The van der Waals surface area contributed by atoms with Crippen LogP contribution in [-0.2, 0) is 11.2 Å². The Morgan fingerprint density at radius 1 is 1.41 bits per heavy atom. The molecule has 0 saturated carbocycles. The summed E-state index contributed by atoms with van der Waals surface area (Å²) in [5.41, 5.74) is 0.840. The van der Waals surface area contributed by atoms with E-state index in [0.717, 1.165) is 12.1 Å². The zero-order valence-corrected chi connectivity index (χ0v) is 9.18. The molecule has 1 aliphatic heterocycles. The Balaban J connectivity index is 2.09. The molecule has 0 aromatic heterocycles. The topological polar surface area (TPSA) is 84.3 Å². The maximum atomic E-state index is 11.5. The highest BCUT2D eigenvalue weighted by molar-refractivity contribution is 5.82. The SMILES string of the molecule is O=C1NCCN[C@H]1Cc1cccc([N+](=O)[O-])c1. The molecule has 1 fully saturated rings. The number of non-ortho nitro benzene ring substituents is 1. The average molecular weight is 235 g/mol. The number of nitrogens with zero attached hydrogens (tertiary/aromatic N) is 1. The molecule has 6 nitrogen and oxygen atoms in total. The van der Waals surface area contributed by atoms with E-state index in [2.05, 4.69) is 10.6 Å². The Morgan fingerprint density at radius 2 is 2.24 bits per heavy atom. The molecule has 1 atom stereocenters. The van der Waals surface area contributed by atoms with Crippen LogP contribution in [0.15, 0.2) is 24.3 Å². The molecular weight excluding hydrogens is 222 g/mol. The third-order valence-corrected chi connectivity index (χ3v) is 2.69. The zero-order valence-electron chi connectivity index (χ0n) is 9.18. The molecular formula is C11H13N3O3. The molecule has 1 aliphatic rings. The van der Waals surface area contributed by atoms with Gasteiger partial charge >= 0.3 is 0 Å². The first-order valence-corrected chi connectivity index (χ1v) is 5.41. The van der Waals surface area contributed by atoms with E-state index in [1.165, 1.54) is 12.1 Å². The summed E-state index contributed by atoms with van der Waals surface area (Å²) in [6.45, 7) is 1.36. The van der Waals surface area contributed by atoms with Gasteiger partial charge in [0.1, 0.15) is 0 Å². The summed E-state index contributed by atoms with van der Waals surface area (Å²) in [6, 6.07) is 6.07. The second-order valence-electron chi connectivity index (χ2n) is 3.93. The highest BCUT2D eigenvalue weighted by Crippen LogP contribution is 2.14. The molecule has 1 amide bonds. The van der Waals surface area contributed by atoms with Crippen LogP contribution in [0.3, 0.4) is 0 Å². The van der Waals surface area contributed by atoms with Crippen LogP contribution in [0, 0.1) is 10.1 Å². The molecule has 1 heterocycles. The Morgan fingerprint density at radius 3 is 2.94 bits per heavy atom. The molecule has 6 heteroatoms. The summed E-state index contributed by atoms with van der Waals surface area (Å²) < 4.78 is 0. The van der Waals surface area contributed by atoms with Crippen LogP contribution in [0.1, 0.15) is 5.56 Å². The number of hydrogen-bond acceptors (Lipinski definition) is 4. The Labute approximate surface area is 98.2 Å². The Hall–Kier alpha value is -1.95. The molecule has 1 saturated heterocycles. The second-order valence-corrected chi connectivity index (χ2v) is 3.93. The van der Waals surface area contributed by atoms with Crippen molar-refractivity contribution in [3.8, 4) is 0 Å². The van der Waals surface area contributed by atoms with Crippen molar-refractivity contribution in [2.45, 2.75) is 12.5 Å². The van der Waals surface area contributed by atoms with Gasteiger partial charge in [0.2, 0.25) is 5.91 Å². The summed E-state index contributed by atoms with van der Waals surface area (Å²) >= 11 is 0. The number of nitrogens with one attached hydrogen (secondary N) is 2. The van der Waals surface area contributed by atoms with Gasteiger partial charge in [-0.25, -0.2) is 0 Å². The lowest BCUT2D eigenvalue weighted by molar-refractivity contribution is -0.384. The molecule has 90 valence electrons. The normalized spacial score (nSPS) is 19.8. The maximum absolute atomic E-state index is 11.5. The smallest absolute Gasteiger partial charge is 0.269 e. The van der Waals surface area contributed by atoms with Gasteiger partial charge in [-0.1, -0.05) is 12.1 Å². The number of benzene rings is 1. The third-order valence-electron chi connectivity index (χ3n) is 2.69. The van der Waals surface area contributed by atoms with Crippen molar-refractivity contribution in [2.24, 2.45) is 0 Å². The van der Waals surface area contributed by atoms with E-state index in [9.17, 15) is 14.9 Å². The van der Waals surface area contributed by atoms with Gasteiger partial charge in [0.25, 0.3) is 5.69 Å². The number of rotatable bonds is 3. The van der Waals surface area contributed by atoms with E-state index >= 15 is 0 Å². The van der Waals surface area contributed by atoms with E-state index < -0.39 is 4.92 Å². The summed E-state index contributed by atoms with van der Waals surface area (Å²) in [6.07, 6.45) is 0.466. The van der Waals surface area contributed by atoms with Gasteiger partial charge < -0.3 is 10.6 Å². The fraction of sp³-hybridized carbons (Fsp3) is 0.364. The molecule has 1 aromatic rings. The second kappa shape index (κ2) is 4.92. The number of carbonyl (C=O) groups excluding carboxylic acids is 1. The molecule has 17 heavy (non-hydrogen) atoms. The van der Waals surface area contributed by atoms with Gasteiger partial charge in [-0.15, -0.1) is 0 Å². The molecule has 2 rings (SSSR count). The molecule has 0 bridgehead atoms. The lowest BCUT2D eigenvalue weighted by Crippen LogP contribution is -2.53. The minimum atomic E-state index is -0.433. The minimum absolute atomic E-state index is 0.0530. The van der Waals surface area contributed by atoms with Crippen LogP contribution in [0.25, 0.3) is 0 Å². The minimum Gasteiger partial charge on any atom is -0.353 e. The quantitative estimate of drug-likeness (QED) is 0.580. The Bertz CT molecular complexity index is 447. The van der Waals surface area contributed by atoms with Crippen LogP contribution in [-0.4, -0.2) is 30.0 Å². The monoisotopic (exact) mass is 235 g/mol. The highest BCUT2D eigenvalue weighted by Gasteiger charge is 2.21. The number of amides is 1. The highest BCUT2D eigenvalue weighted by atomic mass is 16.6. The van der Waals surface area contributed by atoms with Crippen molar-refractivity contribution in [2.75, 3.05) is 13.1 Å². The van der Waals surface area contributed by atoms with Gasteiger partial charge in [0.05, 0.1) is 11.0 Å². The fourth-order valence-electron chi connectivity index (χ4n) is 1.85. The van der Waals surface area contributed by atoms with Crippen molar-refractivity contribution in [3.05, 3.63) is 39.9 Å². The average Bonchev–Trinajstić information content (AvgIpc) is 2.32. The van der Waals surface area contributed by atoms with Gasteiger partial charge in [0.15, 0.2) is 0 Å². The number of carbonyl (C=O) groups is 1. The van der Waals surface area contributed by atoms with Crippen molar-refractivity contribution in [1.29, 1.82) is 0 Å².